The van der Waals surface area contributed by atoms with E-state index in [1.165, 1.54) is 13.1 Å². The predicted molar refractivity (Wildman–Crippen MR) is 51.6 cm³/mol. The van der Waals surface area contributed by atoms with Crippen LogP contribution in [-0.4, -0.2) is 65.0 Å². The summed E-state index contributed by atoms with van der Waals surface area (Å²) < 4.78 is 40.1. The molecule has 0 aliphatic carbocycles. The zero-order valence-electron chi connectivity index (χ0n) is 9.40. The predicted octanol–water partition coefficient (Wildman–Crippen LogP) is 1.55. The molecule has 0 radical (unpaired) electrons. The maximum absolute atomic E-state index is 9.75. The summed E-state index contributed by atoms with van der Waals surface area (Å²) >= 11 is 0. The number of nitrogens with zero attached hydrogens (tertiary/aromatic N) is 2. The molecule has 0 heterocycles. The van der Waals surface area contributed by atoms with Crippen molar-refractivity contribution >= 4 is 7.25 Å². The first-order valence-electron chi connectivity index (χ1n) is 4.24. The van der Waals surface area contributed by atoms with Gasteiger partial charge in [-0.2, -0.15) is 0 Å². The van der Waals surface area contributed by atoms with E-state index < -0.39 is 7.25 Å². The lowest BCUT2D eigenvalue weighted by Crippen LogP contribution is -2.40. The summed E-state index contributed by atoms with van der Waals surface area (Å²) in [5.41, 5.74) is 0. The van der Waals surface area contributed by atoms with Gasteiger partial charge in [0.15, 0.2) is 0 Å². The van der Waals surface area contributed by atoms with Crippen LogP contribution >= 0.6 is 0 Å². The summed E-state index contributed by atoms with van der Waals surface area (Å²) in [5, 5.41) is 0. The minimum atomic E-state index is -6.00. The SMILES string of the molecule is CN(C)CC[N+](C)(C)C.F[B-](F)(F)F. The second-order valence-electron chi connectivity index (χ2n) is 4.31. The quantitative estimate of drug-likeness (QED) is 0.394. The zero-order chi connectivity index (χ0) is 12.0. The van der Waals surface area contributed by atoms with E-state index in [0.717, 1.165) is 4.48 Å². The van der Waals surface area contributed by atoms with Gasteiger partial charge in [-0.25, -0.2) is 0 Å². The van der Waals surface area contributed by atoms with Gasteiger partial charge in [-0.1, -0.05) is 0 Å². The van der Waals surface area contributed by atoms with Crippen LogP contribution in [-0.2, 0) is 0 Å². The molecule has 0 saturated heterocycles. The van der Waals surface area contributed by atoms with Crippen LogP contribution in [0.5, 0.6) is 0 Å². The fraction of sp³-hybridized carbons (Fsp3) is 1.00. The third kappa shape index (κ3) is 41.2. The van der Waals surface area contributed by atoms with Crippen molar-refractivity contribution in [1.82, 2.24) is 4.90 Å². The molecule has 0 aromatic heterocycles. The Morgan fingerprint density at radius 2 is 1.29 bits per heavy atom. The molecular formula is C7H19BF4N2. The number of halogens is 4. The third-order valence-corrected chi connectivity index (χ3v) is 1.22. The molecule has 7 heteroatoms. The Morgan fingerprint density at radius 1 is 1.00 bits per heavy atom. The Labute approximate surface area is 83.2 Å². The zero-order valence-corrected chi connectivity index (χ0v) is 9.40. The molecule has 0 saturated carbocycles. The fourth-order valence-corrected chi connectivity index (χ4v) is 0.500. The van der Waals surface area contributed by atoms with Gasteiger partial charge in [0, 0.05) is 6.54 Å². The number of rotatable bonds is 3. The number of quaternary nitrogens is 1. The van der Waals surface area contributed by atoms with Gasteiger partial charge in [-0.05, 0) is 14.1 Å². The first-order chi connectivity index (χ1) is 5.92. The van der Waals surface area contributed by atoms with Crippen molar-refractivity contribution in [3.05, 3.63) is 0 Å². The molecule has 0 fully saturated rings. The Hall–Kier alpha value is -0.295. The number of hydrogen-bond acceptors (Lipinski definition) is 1. The van der Waals surface area contributed by atoms with E-state index in [1.54, 1.807) is 0 Å². The number of likely N-dealkylation sites (N-methyl/N-ethyl adjacent to an activating group) is 2. The van der Waals surface area contributed by atoms with Crippen molar-refractivity contribution in [2.24, 2.45) is 0 Å². The van der Waals surface area contributed by atoms with Crippen LogP contribution in [0.1, 0.15) is 0 Å². The molecule has 0 bridgehead atoms. The average Bonchev–Trinajstić information content (AvgIpc) is 1.77. The van der Waals surface area contributed by atoms with Crippen LogP contribution in [0.4, 0.5) is 17.3 Å². The van der Waals surface area contributed by atoms with Gasteiger partial charge in [0.25, 0.3) is 0 Å². The highest BCUT2D eigenvalue weighted by Gasteiger charge is 2.20. The summed E-state index contributed by atoms with van der Waals surface area (Å²) in [4.78, 5) is 2.21. The van der Waals surface area contributed by atoms with Crippen LogP contribution in [0.2, 0.25) is 0 Å². The van der Waals surface area contributed by atoms with Gasteiger partial charge in [0.1, 0.15) is 0 Å². The monoisotopic (exact) mass is 218 g/mol. The van der Waals surface area contributed by atoms with E-state index in [0.29, 0.717) is 0 Å². The van der Waals surface area contributed by atoms with Crippen LogP contribution in [0.25, 0.3) is 0 Å². The van der Waals surface area contributed by atoms with Crippen LogP contribution in [0.15, 0.2) is 0 Å². The Balaban J connectivity index is 0. The molecule has 0 atom stereocenters. The molecule has 0 aromatic carbocycles. The van der Waals surface area contributed by atoms with Crippen molar-refractivity contribution in [2.45, 2.75) is 0 Å². The van der Waals surface area contributed by atoms with Crippen molar-refractivity contribution < 1.29 is 21.7 Å². The Bertz CT molecular complexity index is 136. The lowest BCUT2D eigenvalue weighted by Gasteiger charge is -2.25. The molecule has 0 unspecified atom stereocenters. The van der Waals surface area contributed by atoms with Gasteiger partial charge >= 0.3 is 7.25 Å². The topological polar surface area (TPSA) is 3.24 Å². The average molecular weight is 218 g/mol. The van der Waals surface area contributed by atoms with E-state index in [9.17, 15) is 17.3 Å². The smallest absolute Gasteiger partial charge is 0.418 e. The Kier molecular flexibility index (Phi) is 7.19. The van der Waals surface area contributed by atoms with Crippen LogP contribution in [0, 0.1) is 0 Å². The molecule has 0 aliphatic rings. The highest BCUT2D eigenvalue weighted by atomic mass is 19.5. The highest BCUT2D eigenvalue weighted by molar-refractivity contribution is 6.50. The second-order valence-corrected chi connectivity index (χ2v) is 4.31. The lowest BCUT2D eigenvalue weighted by molar-refractivity contribution is -0.869. The normalized spacial score (nSPS) is 12.4. The minimum Gasteiger partial charge on any atom is -0.418 e. The molecule has 0 rings (SSSR count). The number of hydrogen-bond donors (Lipinski definition) is 0. The van der Waals surface area contributed by atoms with Crippen molar-refractivity contribution in [2.75, 3.05) is 48.3 Å². The van der Waals surface area contributed by atoms with E-state index in [4.69, 9.17) is 0 Å². The maximum Gasteiger partial charge on any atom is 0.673 e. The highest BCUT2D eigenvalue weighted by Crippen LogP contribution is 2.06. The van der Waals surface area contributed by atoms with E-state index in [2.05, 4.69) is 40.1 Å². The fourth-order valence-electron chi connectivity index (χ4n) is 0.500. The molecule has 88 valence electrons. The molecule has 0 aromatic rings. The van der Waals surface area contributed by atoms with E-state index in [1.807, 2.05) is 0 Å². The molecule has 0 aliphatic heterocycles. The summed E-state index contributed by atoms with van der Waals surface area (Å²) in [6.07, 6.45) is 0. The lowest BCUT2D eigenvalue weighted by atomic mass is 10.3. The third-order valence-electron chi connectivity index (χ3n) is 1.22. The Morgan fingerprint density at radius 3 is 1.36 bits per heavy atom. The largest absolute Gasteiger partial charge is 0.673 e. The molecule has 0 amide bonds. The van der Waals surface area contributed by atoms with Gasteiger partial charge < -0.3 is 26.6 Å². The van der Waals surface area contributed by atoms with Crippen molar-refractivity contribution in [1.29, 1.82) is 0 Å². The molecule has 2 nitrogen and oxygen atoms in total. The standard InChI is InChI=1S/C7H19N2.BF4/c1-8(2)6-7-9(3,4)5;2-1(3,4)5/h6-7H2,1-5H3;/q+1;-1. The van der Waals surface area contributed by atoms with E-state index in [-0.39, 0.29) is 0 Å². The summed E-state index contributed by atoms with van der Waals surface area (Å²) in [6, 6.07) is 0. The minimum absolute atomic E-state index is 1.05. The van der Waals surface area contributed by atoms with Crippen LogP contribution < -0.4 is 0 Å². The van der Waals surface area contributed by atoms with Crippen molar-refractivity contribution in [3.8, 4) is 0 Å². The van der Waals surface area contributed by atoms with Crippen LogP contribution in [0.3, 0.4) is 0 Å². The van der Waals surface area contributed by atoms with Gasteiger partial charge in [0.05, 0.1) is 27.7 Å². The van der Waals surface area contributed by atoms with Gasteiger partial charge in [0.2, 0.25) is 0 Å². The first-order valence-corrected chi connectivity index (χ1v) is 4.24. The molecule has 0 N–H and O–H groups in total. The van der Waals surface area contributed by atoms with Gasteiger partial charge in [-0.3, -0.25) is 0 Å². The van der Waals surface area contributed by atoms with Crippen molar-refractivity contribution in [3.63, 3.8) is 0 Å². The maximum atomic E-state index is 9.75. The summed E-state index contributed by atoms with van der Waals surface area (Å²) in [5.74, 6) is 0. The molecule has 14 heavy (non-hydrogen) atoms. The first kappa shape index (κ1) is 16.1. The summed E-state index contributed by atoms with van der Waals surface area (Å²) in [6.45, 7) is 2.39. The second kappa shape index (κ2) is 6.24. The van der Waals surface area contributed by atoms with Gasteiger partial charge in [-0.15, -0.1) is 0 Å². The molecule has 0 spiro atoms. The van der Waals surface area contributed by atoms with E-state index >= 15 is 0 Å². The summed E-state index contributed by atoms with van der Waals surface area (Å²) in [7, 11) is 4.85. The molecular weight excluding hydrogens is 199 g/mol.